The molecule has 2 amide bonds. The fraction of sp³-hybridized carbons (Fsp3) is 0.611. The molecule has 1 aliphatic heterocycles. The molecule has 2 fully saturated rings. The van der Waals surface area contributed by atoms with E-state index in [1.807, 2.05) is 6.92 Å². The number of aliphatic hydroxyl groups is 1. The van der Waals surface area contributed by atoms with Crippen molar-refractivity contribution >= 4 is 6.03 Å². The van der Waals surface area contributed by atoms with Gasteiger partial charge in [0.25, 0.3) is 0 Å². The van der Waals surface area contributed by atoms with Gasteiger partial charge >= 0.3 is 6.03 Å². The van der Waals surface area contributed by atoms with Crippen molar-refractivity contribution < 1.29 is 19.0 Å². The van der Waals surface area contributed by atoms with Gasteiger partial charge < -0.3 is 20.1 Å². The Kier molecular flexibility index (Phi) is 5.36. The molecule has 3 atom stereocenters. The summed E-state index contributed by atoms with van der Waals surface area (Å²) in [6, 6.07) is 5.85. The van der Waals surface area contributed by atoms with Gasteiger partial charge in [0.05, 0.1) is 19.3 Å². The number of amides is 2. The molecule has 132 valence electrons. The van der Waals surface area contributed by atoms with Crippen molar-refractivity contribution in [1.82, 2.24) is 10.2 Å². The van der Waals surface area contributed by atoms with Crippen LogP contribution in [0.25, 0.3) is 0 Å². The lowest BCUT2D eigenvalue weighted by Gasteiger charge is -2.29. The summed E-state index contributed by atoms with van der Waals surface area (Å²) < 4.78 is 18.4. The van der Waals surface area contributed by atoms with Crippen molar-refractivity contribution in [2.75, 3.05) is 19.8 Å². The molecule has 0 spiro atoms. The minimum atomic E-state index is -0.818. The van der Waals surface area contributed by atoms with Crippen molar-refractivity contribution in [2.24, 2.45) is 5.92 Å². The number of rotatable bonds is 6. The van der Waals surface area contributed by atoms with Crippen LogP contribution < -0.4 is 5.32 Å². The number of ether oxygens (including phenoxy) is 1. The maximum atomic E-state index is 13.0. The minimum Gasteiger partial charge on any atom is -0.387 e. The molecule has 5 nitrogen and oxygen atoms in total. The fourth-order valence-corrected chi connectivity index (χ4v) is 3.10. The number of benzene rings is 1. The Morgan fingerprint density at radius 1 is 1.38 bits per heavy atom. The highest BCUT2D eigenvalue weighted by Gasteiger charge is 2.35. The van der Waals surface area contributed by atoms with Gasteiger partial charge in [0, 0.05) is 24.6 Å². The van der Waals surface area contributed by atoms with Crippen molar-refractivity contribution in [2.45, 2.75) is 44.4 Å². The first kappa shape index (κ1) is 17.2. The van der Waals surface area contributed by atoms with Crippen LogP contribution in [0.4, 0.5) is 9.18 Å². The Morgan fingerprint density at radius 3 is 2.67 bits per heavy atom. The average Bonchev–Trinajstić information content (AvgIpc) is 3.25. The van der Waals surface area contributed by atoms with Crippen molar-refractivity contribution in [3.8, 4) is 0 Å². The highest BCUT2D eigenvalue weighted by atomic mass is 19.1. The van der Waals surface area contributed by atoms with Gasteiger partial charge in [-0.15, -0.1) is 0 Å². The van der Waals surface area contributed by atoms with Gasteiger partial charge in [-0.3, -0.25) is 0 Å². The van der Waals surface area contributed by atoms with E-state index in [-0.39, 0.29) is 30.5 Å². The molecular weight excluding hydrogens is 311 g/mol. The Balaban J connectivity index is 1.59. The number of hydrogen-bond donors (Lipinski definition) is 2. The molecule has 2 N–H and O–H groups in total. The van der Waals surface area contributed by atoms with E-state index in [4.69, 9.17) is 4.74 Å². The first-order chi connectivity index (χ1) is 11.5. The van der Waals surface area contributed by atoms with E-state index in [1.54, 1.807) is 17.0 Å². The highest BCUT2D eigenvalue weighted by Crippen LogP contribution is 2.29. The molecule has 1 heterocycles. The molecule has 6 heteroatoms. The molecule has 0 bridgehead atoms. The van der Waals surface area contributed by atoms with Crippen LogP contribution in [0.5, 0.6) is 0 Å². The molecule has 1 saturated heterocycles. The summed E-state index contributed by atoms with van der Waals surface area (Å²) in [6.07, 6.45) is 2.07. The summed E-state index contributed by atoms with van der Waals surface area (Å²) in [4.78, 5) is 14.3. The summed E-state index contributed by atoms with van der Waals surface area (Å²) >= 11 is 0. The lowest BCUT2D eigenvalue weighted by molar-refractivity contribution is 0.115. The molecule has 0 aromatic heterocycles. The van der Waals surface area contributed by atoms with Crippen molar-refractivity contribution in [3.05, 3.63) is 35.6 Å². The second-order valence-corrected chi connectivity index (χ2v) is 6.81. The normalized spacial score (nSPS) is 22.9. The fourth-order valence-electron chi connectivity index (χ4n) is 3.10. The number of urea groups is 1. The van der Waals surface area contributed by atoms with Crippen molar-refractivity contribution in [1.29, 1.82) is 0 Å². The average molecular weight is 336 g/mol. The maximum absolute atomic E-state index is 13.0. The Hall–Kier alpha value is -1.66. The topological polar surface area (TPSA) is 61.8 Å². The molecule has 1 aromatic carbocycles. The molecule has 0 radical (unpaired) electrons. The molecule has 1 aliphatic carbocycles. The van der Waals surface area contributed by atoms with Crippen LogP contribution in [0.2, 0.25) is 0 Å². The number of carbonyl (C=O) groups excluding carboxylic acids is 1. The second kappa shape index (κ2) is 7.49. The first-order valence-corrected chi connectivity index (χ1v) is 8.63. The first-order valence-electron chi connectivity index (χ1n) is 8.63. The van der Waals surface area contributed by atoms with Gasteiger partial charge in [0.15, 0.2) is 0 Å². The van der Waals surface area contributed by atoms with E-state index in [0.717, 1.165) is 25.9 Å². The number of nitrogens with one attached hydrogen (secondary N) is 1. The van der Waals surface area contributed by atoms with Crippen LogP contribution in [-0.2, 0) is 4.74 Å². The van der Waals surface area contributed by atoms with Gasteiger partial charge in [0.2, 0.25) is 0 Å². The van der Waals surface area contributed by atoms with Gasteiger partial charge in [-0.25, -0.2) is 9.18 Å². The number of nitrogens with zero attached hydrogens (tertiary/aromatic N) is 1. The third kappa shape index (κ3) is 4.24. The van der Waals surface area contributed by atoms with Crippen LogP contribution in [0, 0.1) is 11.7 Å². The summed E-state index contributed by atoms with van der Waals surface area (Å²) in [7, 11) is 0. The molecular formula is C18H25FN2O3. The molecule has 3 unspecified atom stereocenters. The van der Waals surface area contributed by atoms with Crippen LogP contribution in [0.3, 0.4) is 0 Å². The standard InChI is InChI=1S/C18H25FN2O3/c1-12(14-8-9-24-11-14)20-18(23)21(16-6-7-16)10-17(22)13-2-4-15(19)5-3-13/h2-5,12,14,16-17,22H,6-11H2,1H3,(H,20,23). The van der Waals surface area contributed by atoms with Gasteiger partial charge in [0.1, 0.15) is 5.82 Å². The number of carbonyl (C=O) groups is 1. The predicted octanol–water partition coefficient (Wildman–Crippen LogP) is 2.46. The Labute approximate surface area is 141 Å². The van der Waals surface area contributed by atoms with Gasteiger partial charge in [-0.05, 0) is 43.9 Å². The van der Waals surface area contributed by atoms with Crippen LogP contribution in [0.15, 0.2) is 24.3 Å². The number of halogens is 1. The van der Waals surface area contributed by atoms with E-state index in [0.29, 0.717) is 18.1 Å². The van der Waals surface area contributed by atoms with E-state index >= 15 is 0 Å². The lowest BCUT2D eigenvalue weighted by atomic mass is 10.0. The molecule has 2 aliphatic rings. The van der Waals surface area contributed by atoms with Crippen LogP contribution in [0.1, 0.15) is 37.9 Å². The zero-order chi connectivity index (χ0) is 17.1. The van der Waals surface area contributed by atoms with E-state index in [9.17, 15) is 14.3 Å². The third-order valence-corrected chi connectivity index (χ3v) is 4.90. The highest BCUT2D eigenvalue weighted by molar-refractivity contribution is 5.75. The lowest BCUT2D eigenvalue weighted by Crippen LogP contribution is -2.48. The minimum absolute atomic E-state index is 0.0456. The smallest absolute Gasteiger partial charge is 0.317 e. The third-order valence-electron chi connectivity index (χ3n) is 4.90. The van der Waals surface area contributed by atoms with E-state index in [2.05, 4.69) is 5.32 Å². The van der Waals surface area contributed by atoms with Crippen LogP contribution >= 0.6 is 0 Å². The second-order valence-electron chi connectivity index (χ2n) is 6.81. The molecule has 24 heavy (non-hydrogen) atoms. The predicted molar refractivity (Wildman–Crippen MR) is 88.0 cm³/mol. The summed E-state index contributed by atoms with van der Waals surface area (Å²) in [5.74, 6) is 0.00683. The van der Waals surface area contributed by atoms with Gasteiger partial charge in [-0.1, -0.05) is 12.1 Å². The number of hydrogen-bond acceptors (Lipinski definition) is 3. The largest absolute Gasteiger partial charge is 0.387 e. The maximum Gasteiger partial charge on any atom is 0.317 e. The summed E-state index contributed by atoms with van der Waals surface area (Å²) in [6.45, 7) is 3.65. The Bertz CT molecular complexity index is 556. The van der Waals surface area contributed by atoms with Crippen molar-refractivity contribution in [3.63, 3.8) is 0 Å². The summed E-state index contributed by atoms with van der Waals surface area (Å²) in [5, 5.41) is 13.4. The van der Waals surface area contributed by atoms with Crippen LogP contribution in [-0.4, -0.2) is 47.9 Å². The molecule has 1 saturated carbocycles. The van der Waals surface area contributed by atoms with E-state index in [1.165, 1.54) is 12.1 Å². The quantitative estimate of drug-likeness (QED) is 0.839. The zero-order valence-electron chi connectivity index (χ0n) is 14.0. The molecule has 3 rings (SSSR count). The van der Waals surface area contributed by atoms with Gasteiger partial charge in [-0.2, -0.15) is 0 Å². The van der Waals surface area contributed by atoms with E-state index < -0.39 is 6.10 Å². The Morgan fingerprint density at radius 2 is 2.08 bits per heavy atom. The monoisotopic (exact) mass is 336 g/mol. The zero-order valence-corrected chi connectivity index (χ0v) is 14.0. The number of aliphatic hydroxyl groups excluding tert-OH is 1. The molecule has 1 aromatic rings. The summed E-state index contributed by atoms with van der Waals surface area (Å²) in [5.41, 5.74) is 0.618. The SMILES string of the molecule is CC(NC(=O)N(CC(O)c1ccc(F)cc1)C1CC1)C1CCOC1.